The van der Waals surface area contributed by atoms with Crippen LogP contribution in [0.15, 0.2) is 0 Å². The average Bonchev–Trinajstić information content (AvgIpc) is 2.86. The fraction of sp³-hybridized carbons (Fsp3) is 0.923. The van der Waals surface area contributed by atoms with Crippen LogP contribution in [0.2, 0.25) is 0 Å². The van der Waals surface area contributed by atoms with Crippen molar-refractivity contribution < 1.29 is 22.7 Å². The molecule has 3 atom stereocenters. The Morgan fingerprint density at radius 1 is 1.40 bits per heavy atom. The molecule has 0 spiro atoms. The van der Waals surface area contributed by atoms with Crippen LogP contribution in [-0.4, -0.2) is 54.9 Å². The maximum Gasteiger partial charge on any atom is 0.406 e. The number of hydrogen-bond donors (Lipinski definition) is 1. The van der Waals surface area contributed by atoms with Crippen molar-refractivity contribution in [2.24, 2.45) is 0 Å². The van der Waals surface area contributed by atoms with Crippen LogP contribution in [0, 0.1) is 0 Å². The number of amides is 1. The molecule has 4 nitrogen and oxygen atoms in total. The molecule has 2 fully saturated rings. The fourth-order valence-electron chi connectivity index (χ4n) is 2.89. The van der Waals surface area contributed by atoms with Crippen LogP contribution in [0.25, 0.3) is 0 Å². The molecule has 0 radical (unpaired) electrons. The fourth-order valence-corrected chi connectivity index (χ4v) is 2.89. The molecule has 7 heteroatoms. The molecule has 1 N–H and O–H groups in total. The van der Waals surface area contributed by atoms with E-state index < -0.39 is 24.7 Å². The highest BCUT2D eigenvalue weighted by Gasteiger charge is 2.38. The maximum absolute atomic E-state index is 12.4. The maximum atomic E-state index is 12.4. The van der Waals surface area contributed by atoms with Gasteiger partial charge in [0.1, 0.15) is 6.54 Å². The lowest BCUT2D eigenvalue weighted by Crippen LogP contribution is -2.56. The Morgan fingerprint density at radius 3 is 2.75 bits per heavy atom. The Hall–Kier alpha value is -0.820. The van der Waals surface area contributed by atoms with E-state index in [4.69, 9.17) is 4.74 Å². The minimum absolute atomic E-state index is 0.0164. The highest BCUT2D eigenvalue weighted by atomic mass is 19.4. The van der Waals surface area contributed by atoms with Crippen LogP contribution in [-0.2, 0) is 9.53 Å². The van der Waals surface area contributed by atoms with Crippen molar-refractivity contribution in [2.45, 2.75) is 57.0 Å². The molecule has 2 rings (SSSR count). The summed E-state index contributed by atoms with van der Waals surface area (Å²) in [6.45, 7) is 1.67. The first-order valence-electron chi connectivity index (χ1n) is 7.10. The van der Waals surface area contributed by atoms with Gasteiger partial charge in [0.25, 0.3) is 0 Å². The summed E-state index contributed by atoms with van der Waals surface area (Å²) in [5.74, 6) is -0.446. The van der Waals surface area contributed by atoms with Gasteiger partial charge in [-0.15, -0.1) is 0 Å². The van der Waals surface area contributed by atoms with Crippen LogP contribution in [0.4, 0.5) is 13.2 Å². The summed E-state index contributed by atoms with van der Waals surface area (Å²) in [4.78, 5) is 13.0. The summed E-state index contributed by atoms with van der Waals surface area (Å²) in [6, 6.07) is -0.539. The highest BCUT2D eigenvalue weighted by molar-refractivity contribution is 5.82. The molecule has 0 aromatic carbocycles. The largest absolute Gasteiger partial charge is 0.406 e. The monoisotopic (exact) mass is 294 g/mol. The lowest BCUT2D eigenvalue weighted by Gasteiger charge is -2.35. The first-order valence-corrected chi connectivity index (χ1v) is 7.10. The molecule has 1 amide bonds. The molecule has 0 aliphatic carbocycles. The van der Waals surface area contributed by atoms with E-state index in [-0.39, 0.29) is 18.7 Å². The number of carbonyl (C=O) groups excluding carboxylic acids is 1. The predicted molar refractivity (Wildman–Crippen MR) is 67.2 cm³/mol. The van der Waals surface area contributed by atoms with Crippen molar-refractivity contribution in [3.8, 4) is 0 Å². The number of carbonyl (C=O) groups is 1. The number of nitrogens with one attached hydrogen (secondary N) is 1. The van der Waals surface area contributed by atoms with Crippen molar-refractivity contribution >= 4 is 5.91 Å². The number of halogens is 3. The van der Waals surface area contributed by atoms with Crippen molar-refractivity contribution in [1.82, 2.24) is 10.2 Å². The zero-order valence-corrected chi connectivity index (χ0v) is 11.6. The van der Waals surface area contributed by atoms with Crippen molar-refractivity contribution in [3.63, 3.8) is 0 Å². The van der Waals surface area contributed by atoms with Gasteiger partial charge in [0.05, 0.1) is 12.1 Å². The van der Waals surface area contributed by atoms with E-state index in [0.717, 1.165) is 24.3 Å². The molecule has 2 aliphatic rings. The van der Waals surface area contributed by atoms with E-state index in [1.165, 1.54) is 0 Å². The minimum Gasteiger partial charge on any atom is -0.377 e. The van der Waals surface area contributed by atoms with Gasteiger partial charge in [-0.3, -0.25) is 4.79 Å². The van der Waals surface area contributed by atoms with Gasteiger partial charge >= 0.3 is 6.18 Å². The van der Waals surface area contributed by atoms with Gasteiger partial charge in [-0.05, 0) is 32.6 Å². The van der Waals surface area contributed by atoms with Crippen molar-refractivity contribution in [2.75, 3.05) is 19.7 Å². The Bertz CT molecular complexity index is 343. The molecule has 0 aromatic rings. The Morgan fingerprint density at radius 2 is 2.15 bits per heavy atom. The summed E-state index contributed by atoms with van der Waals surface area (Å²) >= 11 is 0. The zero-order valence-electron chi connectivity index (χ0n) is 11.6. The summed E-state index contributed by atoms with van der Waals surface area (Å²) < 4.78 is 42.8. The Kier molecular flexibility index (Phi) is 4.90. The number of likely N-dealkylation sites (tertiary alicyclic amines) is 1. The average molecular weight is 294 g/mol. The predicted octanol–water partition coefficient (Wildman–Crippen LogP) is 1.70. The second kappa shape index (κ2) is 6.30. The van der Waals surface area contributed by atoms with Crippen LogP contribution in [0.1, 0.15) is 32.6 Å². The molecule has 0 aromatic heterocycles. The van der Waals surface area contributed by atoms with Crippen LogP contribution >= 0.6 is 0 Å². The van der Waals surface area contributed by atoms with E-state index in [2.05, 4.69) is 5.32 Å². The van der Waals surface area contributed by atoms with E-state index in [1.54, 1.807) is 0 Å². The summed E-state index contributed by atoms with van der Waals surface area (Å²) in [5.41, 5.74) is 0. The lowest BCUT2D eigenvalue weighted by molar-refractivity contribution is -0.165. The third-order valence-electron chi connectivity index (χ3n) is 3.89. The van der Waals surface area contributed by atoms with Gasteiger partial charge in [0.15, 0.2) is 0 Å². The van der Waals surface area contributed by atoms with Crippen LogP contribution < -0.4 is 5.32 Å². The first kappa shape index (κ1) is 15.6. The number of rotatable bonds is 4. The van der Waals surface area contributed by atoms with E-state index in [9.17, 15) is 18.0 Å². The molecule has 116 valence electrons. The van der Waals surface area contributed by atoms with Gasteiger partial charge in [-0.25, -0.2) is 0 Å². The Balaban J connectivity index is 1.89. The highest BCUT2D eigenvalue weighted by Crippen LogP contribution is 2.22. The van der Waals surface area contributed by atoms with Crippen molar-refractivity contribution in [1.29, 1.82) is 0 Å². The van der Waals surface area contributed by atoms with Gasteiger partial charge in [0, 0.05) is 19.2 Å². The SMILES string of the molecule is C[C@H](N[C@@H]1CCCN(CC(F)(F)F)C1=O)[C@@H]1CCCO1. The van der Waals surface area contributed by atoms with E-state index in [1.807, 2.05) is 6.92 Å². The lowest BCUT2D eigenvalue weighted by atomic mass is 10.0. The molecule has 0 unspecified atom stereocenters. The second-order valence-electron chi connectivity index (χ2n) is 5.58. The van der Waals surface area contributed by atoms with Crippen molar-refractivity contribution in [3.05, 3.63) is 0 Å². The molecular weight excluding hydrogens is 273 g/mol. The van der Waals surface area contributed by atoms with E-state index in [0.29, 0.717) is 12.8 Å². The summed E-state index contributed by atoms with van der Waals surface area (Å²) in [5, 5.41) is 3.14. The Labute approximate surface area is 116 Å². The smallest absolute Gasteiger partial charge is 0.377 e. The number of hydrogen-bond acceptors (Lipinski definition) is 3. The molecule has 0 saturated carbocycles. The molecule has 2 heterocycles. The molecular formula is C13H21F3N2O2. The third kappa shape index (κ3) is 4.09. The molecule has 0 bridgehead atoms. The van der Waals surface area contributed by atoms with Gasteiger partial charge < -0.3 is 15.0 Å². The number of nitrogens with zero attached hydrogens (tertiary/aromatic N) is 1. The molecule has 20 heavy (non-hydrogen) atoms. The van der Waals surface area contributed by atoms with Gasteiger partial charge in [-0.1, -0.05) is 0 Å². The van der Waals surface area contributed by atoms with Gasteiger partial charge in [-0.2, -0.15) is 13.2 Å². The zero-order chi connectivity index (χ0) is 14.8. The van der Waals surface area contributed by atoms with Crippen LogP contribution in [0.3, 0.4) is 0 Å². The molecule has 2 saturated heterocycles. The van der Waals surface area contributed by atoms with Gasteiger partial charge in [0.2, 0.25) is 5.91 Å². The standard InChI is InChI=1S/C13H21F3N2O2/c1-9(11-5-3-7-20-11)17-10-4-2-6-18(12(10)19)8-13(14,15)16/h9-11,17H,2-8H2,1H3/t9-,10+,11-/m0/s1. The topological polar surface area (TPSA) is 41.6 Å². The van der Waals surface area contributed by atoms with E-state index >= 15 is 0 Å². The first-order chi connectivity index (χ1) is 9.37. The quantitative estimate of drug-likeness (QED) is 0.858. The third-order valence-corrected chi connectivity index (χ3v) is 3.89. The minimum atomic E-state index is -4.34. The normalized spacial score (nSPS) is 29.8. The number of piperidine rings is 1. The molecule has 2 aliphatic heterocycles. The number of ether oxygens (including phenoxy) is 1. The second-order valence-corrected chi connectivity index (χ2v) is 5.58. The number of alkyl halides is 3. The summed E-state index contributed by atoms with van der Waals surface area (Å²) in [7, 11) is 0. The summed E-state index contributed by atoms with van der Waals surface area (Å²) in [6.07, 6.45) is -1.17. The van der Waals surface area contributed by atoms with Crippen LogP contribution in [0.5, 0.6) is 0 Å².